The first-order valence-corrected chi connectivity index (χ1v) is 5.94. The maximum absolute atomic E-state index is 11.9. The van der Waals surface area contributed by atoms with Crippen molar-refractivity contribution in [2.45, 2.75) is 24.9 Å². The van der Waals surface area contributed by atoms with Crippen LogP contribution in [0.25, 0.3) is 0 Å². The van der Waals surface area contributed by atoms with Crippen LogP contribution in [-0.2, 0) is 10.5 Å². The molecule has 1 atom stereocenters. The van der Waals surface area contributed by atoms with Crippen LogP contribution in [0.4, 0.5) is 0 Å². The summed E-state index contributed by atoms with van der Waals surface area (Å²) in [5, 5.41) is 3.52. The van der Waals surface area contributed by atoms with E-state index in [9.17, 15) is 4.79 Å². The molecule has 3 nitrogen and oxygen atoms in total. The minimum Gasteiger partial charge on any atom is -0.319 e. The Kier molecular flexibility index (Phi) is 2.21. The fraction of sp³-hybridized carbons (Fsp3) is 0.462. The van der Waals surface area contributed by atoms with Gasteiger partial charge in [0.15, 0.2) is 0 Å². The van der Waals surface area contributed by atoms with Gasteiger partial charge in [-0.2, -0.15) is 0 Å². The Balaban J connectivity index is 2.05. The van der Waals surface area contributed by atoms with E-state index in [0.29, 0.717) is 12.3 Å². The second-order valence-corrected chi connectivity index (χ2v) is 4.55. The molecule has 1 amide bonds. The van der Waals surface area contributed by atoms with Gasteiger partial charge in [0.05, 0.1) is 0 Å². The van der Waals surface area contributed by atoms with Gasteiger partial charge in [0.2, 0.25) is 5.91 Å². The van der Waals surface area contributed by atoms with Gasteiger partial charge in [-0.25, -0.2) is 0 Å². The second-order valence-electron chi connectivity index (χ2n) is 4.55. The van der Waals surface area contributed by atoms with Crippen LogP contribution in [0, 0.1) is 0 Å². The van der Waals surface area contributed by atoms with E-state index in [1.165, 1.54) is 5.56 Å². The average molecular weight is 216 g/mol. The van der Waals surface area contributed by atoms with E-state index in [0.717, 1.165) is 25.9 Å². The molecule has 1 aromatic carbocycles. The third-order valence-corrected chi connectivity index (χ3v) is 3.70. The van der Waals surface area contributed by atoms with Crippen molar-refractivity contribution in [1.82, 2.24) is 10.2 Å². The van der Waals surface area contributed by atoms with Gasteiger partial charge in [-0.05, 0) is 18.4 Å². The fourth-order valence-electron chi connectivity index (χ4n) is 2.97. The van der Waals surface area contributed by atoms with Gasteiger partial charge in [-0.15, -0.1) is 0 Å². The molecule has 3 rings (SSSR count). The Morgan fingerprint density at radius 3 is 2.88 bits per heavy atom. The van der Waals surface area contributed by atoms with Gasteiger partial charge in [0, 0.05) is 19.5 Å². The van der Waals surface area contributed by atoms with Gasteiger partial charge in [0.25, 0.3) is 0 Å². The largest absolute Gasteiger partial charge is 0.319 e. The summed E-state index contributed by atoms with van der Waals surface area (Å²) in [5.41, 5.74) is 1.01. The van der Waals surface area contributed by atoms with E-state index in [1.54, 1.807) is 0 Å². The third-order valence-electron chi connectivity index (χ3n) is 3.70. The van der Waals surface area contributed by atoms with Crippen molar-refractivity contribution in [2.24, 2.45) is 0 Å². The highest BCUT2D eigenvalue weighted by atomic mass is 16.2. The summed E-state index contributed by atoms with van der Waals surface area (Å²) in [6.07, 6.45) is 2.72. The molecule has 3 heteroatoms. The molecule has 2 fully saturated rings. The lowest BCUT2D eigenvalue weighted by molar-refractivity contribution is -0.140. The number of nitrogens with zero attached hydrogens (tertiary/aromatic N) is 1. The van der Waals surface area contributed by atoms with Gasteiger partial charge in [-0.1, -0.05) is 30.3 Å². The molecule has 0 radical (unpaired) electrons. The molecule has 84 valence electrons. The monoisotopic (exact) mass is 216 g/mol. The molecule has 16 heavy (non-hydrogen) atoms. The predicted octanol–water partition coefficient (Wildman–Crippen LogP) is 1.46. The Bertz CT molecular complexity index is 404. The Morgan fingerprint density at radius 2 is 2.06 bits per heavy atom. The second kappa shape index (κ2) is 3.59. The zero-order valence-electron chi connectivity index (χ0n) is 9.28. The zero-order chi connectivity index (χ0) is 11.0. The van der Waals surface area contributed by atoms with Crippen LogP contribution in [0.2, 0.25) is 0 Å². The van der Waals surface area contributed by atoms with Crippen LogP contribution in [-0.4, -0.2) is 23.9 Å². The topological polar surface area (TPSA) is 32.3 Å². The first-order valence-electron chi connectivity index (χ1n) is 5.94. The van der Waals surface area contributed by atoms with Crippen LogP contribution in [0.5, 0.6) is 0 Å². The molecule has 0 spiro atoms. The van der Waals surface area contributed by atoms with Crippen molar-refractivity contribution >= 4 is 5.91 Å². The Labute approximate surface area is 95.4 Å². The zero-order valence-corrected chi connectivity index (χ0v) is 9.28. The highest BCUT2D eigenvalue weighted by Gasteiger charge is 2.46. The lowest BCUT2D eigenvalue weighted by Crippen LogP contribution is -2.53. The Hall–Kier alpha value is -1.35. The molecular formula is C13H16N2O. The molecule has 1 aromatic rings. The van der Waals surface area contributed by atoms with Gasteiger partial charge in [-0.3, -0.25) is 10.1 Å². The maximum atomic E-state index is 11.9. The van der Waals surface area contributed by atoms with E-state index in [2.05, 4.69) is 17.4 Å². The number of carbonyl (C=O) groups is 1. The van der Waals surface area contributed by atoms with Crippen molar-refractivity contribution in [2.75, 3.05) is 13.1 Å². The lowest BCUT2D eigenvalue weighted by Gasteiger charge is -2.42. The number of hydrogen-bond donors (Lipinski definition) is 1. The standard InChI is InChI=1S/C13H16N2O/c16-12-7-4-8-13(14-9-10-15(12)13)11-5-2-1-3-6-11/h1-3,5-6,14H,4,7-10H2/t13-/m0/s1. The normalized spacial score (nSPS) is 29.2. The molecule has 2 heterocycles. The van der Waals surface area contributed by atoms with E-state index < -0.39 is 0 Å². The molecular weight excluding hydrogens is 200 g/mol. The van der Waals surface area contributed by atoms with Crippen LogP contribution in [0.1, 0.15) is 24.8 Å². The molecule has 1 N–H and O–H groups in total. The molecule has 0 bridgehead atoms. The summed E-state index contributed by atoms with van der Waals surface area (Å²) in [4.78, 5) is 14.0. The summed E-state index contributed by atoms with van der Waals surface area (Å²) < 4.78 is 0. The number of fused-ring (bicyclic) bond motifs is 1. The molecule has 0 saturated carbocycles. The highest BCUT2D eigenvalue weighted by molar-refractivity contribution is 5.78. The molecule has 0 aromatic heterocycles. The van der Waals surface area contributed by atoms with Crippen LogP contribution >= 0.6 is 0 Å². The predicted molar refractivity (Wildman–Crippen MR) is 61.7 cm³/mol. The molecule has 0 unspecified atom stereocenters. The van der Waals surface area contributed by atoms with E-state index in [4.69, 9.17) is 0 Å². The minimum absolute atomic E-state index is 0.212. The third kappa shape index (κ3) is 1.28. The summed E-state index contributed by atoms with van der Waals surface area (Å²) >= 11 is 0. The number of piperidine rings is 1. The summed E-state index contributed by atoms with van der Waals surface area (Å²) in [5.74, 6) is 0.292. The van der Waals surface area contributed by atoms with Crippen molar-refractivity contribution < 1.29 is 4.79 Å². The average Bonchev–Trinajstić information content (AvgIpc) is 2.77. The number of rotatable bonds is 1. The SMILES string of the molecule is O=C1CCC[C@]2(c3ccccc3)NCCN12. The first kappa shape index (κ1) is 9.85. The summed E-state index contributed by atoms with van der Waals surface area (Å²) in [6, 6.07) is 10.3. The molecule has 2 aliphatic heterocycles. The smallest absolute Gasteiger partial charge is 0.224 e. The van der Waals surface area contributed by atoms with Gasteiger partial charge < -0.3 is 4.90 Å². The minimum atomic E-state index is -0.212. The molecule has 2 aliphatic rings. The lowest BCUT2D eigenvalue weighted by atomic mass is 9.89. The van der Waals surface area contributed by atoms with Crippen molar-refractivity contribution in [3.63, 3.8) is 0 Å². The number of amides is 1. The summed E-state index contributed by atoms with van der Waals surface area (Å²) in [7, 11) is 0. The maximum Gasteiger partial charge on any atom is 0.224 e. The van der Waals surface area contributed by atoms with E-state index in [-0.39, 0.29) is 5.66 Å². The van der Waals surface area contributed by atoms with Crippen LogP contribution in [0.15, 0.2) is 30.3 Å². The summed E-state index contributed by atoms with van der Waals surface area (Å²) in [6.45, 7) is 1.74. The van der Waals surface area contributed by atoms with E-state index >= 15 is 0 Å². The van der Waals surface area contributed by atoms with Crippen molar-refractivity contribution in [3.8, 4) is 0 Å². The van der Waals surface area contributed by atoms with Crippen LogP contribution < -0.4 is 5.32 Å². The fourth-order valence-corrected chi connectivity index (χ4v) is 2.97. The van der Waals surface area contributed by atoms with Crippen molar-refractivity contribution in [3.05, 3.63) is 35.9 Å². The number of benzene rings is 1. The number of hydrogen-bond acceptors (Lipinski definition) is 2. The van der Waals surface area contributed by atoms with Crippen LogP contribution in [0.3, 0.4) is 0 Å². The molecule has 2 saturated heterocycles. The van der Waals surface area contributed by atoms with Crippen molar-refractivity contribution in [1.29, 1.82) is 0 Å². The molecule has 0 aliphatic carbocycles. The Morgan fingerprint density at radius 1 is 1.25 bits per heavy atom. The first-order chi connectivity index (χ1) is 7.83. The number of nitrogens with one attached hydrogen (secondary N) is 1. The van der Waals surface area contributed by atoms with Gasteiger partial charge in [0.1, 0.15) is 5.66 Å². The number of carbonyl (C=O) groups excluding carboxylic acids is 1. The highest BCUT2D eigenvalue weighted by Crippen LogP contribution is 2.38. The quantitative estimate of drug-likeness (QED) is 0.770. The van der Waals surface area contributed by atoms with Gasteiger partial charge >= 0.3 is 0 Å². The van der Waals surface area contributed by atoms with E-state index in [1.807, 2.05) is 23.1 Å².